The van der Waals surface area contributed by atoms with Gasteiger partial charge in [-0.1, -0.05) is 35.9 Å². The fourth-order valence-electron chi connectivity index (χ4n) is 3.42. The average molecular weight is 408 g/mol. The molecule has 0 fully saturated rings. The Bertz CT molecular complexity index is 1170. The maximum Gasteiger partial charge on any atom is 0.256 e. The standard InChI is InChI=1S/C22H22ClN5O/c1-15-12-16(25-27(15)3)13-28(22(29)17-8-4-5-9-18(17)23)14-21-24-19-10-6-7-11-20(19)26(21)2/h4-12H,13-14H2,1-3H3. The molecule has 2 heterocycles. The first-order chi connectivity index (χ1) is 13.9. The fourth-order valence-corrected chi connectivity index (χ4v) is 3.64. The van der Waals surface area contributed by atoms with Crippen LogP contribution < -0.4 is 0 Å². The minimum Gasteiger partial charge on any atom is -0.330 e. The van der Waals surface area contributed by atoms with Crippen LogP contribution in [0.2, 0.25) is 5.02 Å². The first-order valence-corrected chi connectivity index (χ1v) is 9.75. The SMILES string of the molecule is Cc1cc(CN(Cc2nc3ccccc3n2C)C(=O)c2ccccc2Cl)nn1C. The number of hydrogen-bond acceptors (Lipinski definition) is 3. The van der Waals surface area contributed by atoms with E-state index in [1.807, 2.05) is 72.7 Å². The van der Waals surface area contributed by atoms with Crippen molar-refractivity contribution in [3.8, 4) is 0 Å². The number of nitrogens with zero attached hydrogens (tertiary/aromatic N) is 5. The van der Waals surface area contributed by atoms with Crippen molar-refractivity contribution in [1.29, 1.82) is 0 Å². The van der Waals surface area contributed by atoms with E-state index in [2.05, 4.69) is 5.10 Å². The summed E-state index contributed by atoms with van der Waals surface area (Å²) in [6.45, 7) is 2.71. The van der Waals surface area contributed by atoms with Crippen molar-refractivity contribution in [2.45, 2.75) is 20.0 Å². The first-order valence-electron chi connectivity index (χ1n) is 9.37. The molecule has 0 spiro atoms. The lowest BCUT2D eigenvalue weighted by Gasteiger charge is -2.22. The van der Waals surface area contributed by atoms with Gasteiger partial charge in [0.05, 0.1) is 40.4 Å². The Morgan fingerprint density at radius 1 is 1.07 bits per heavy atom. The smallest absolute Gasteiger partial charge is 0.256 e. The van der Waals surface area contributed by atoms with E-state index in [0.717, 1.165) is 28.2 Å². The van der Waals surface area contributed by atoms with Gasteiger partial charge in [-0.15, -0.1) is 0 Å². The third-order valence-corrected chi connectivity index (χ3v) is 5.45. The first kappa shape index (κ1) is 19.2. The van der Waals surface area contributed by atoms with Gasteiger partial charge in [-0.3, -0.25) is 9.48 Å². The number of imidazole rings is 1. The van der Waals surface area contributed by atoms with Crippen molar-refractivity contribution in [3.05, 3.63) is 82.4 Å². The van der Waals surface area contributed by atoms with Crippen molar-refractivity contribution >= 4 is 28.5 Å². The van der Waals surface area contributed by atoms with Gasteiger partial charge in [0.2, 0.25) is 0 Å². The average Bonchev–Trinajstić information content (AvgIpc) is 3.20. The molecule has 0 aliphatic rings. The number of benzene rings is 2. The largest absolute Gasteiger partial charge is 0.330 e. The van der Waals surface area contributed by atoms with Gasteiger partial charge in [0.1, 0.15) is 5.82 Å². The summed E-state index contributed by atoms with van der Waals surface area (Å²) < 4.78 is 3.83. The van der Waals surface area contributed by atoms with Crippen LogP contribution in [0.15, 0.2) is 54.6 Å². The van der Waals surface area contributed by atoms with E-state index >= 15 is 0 Å². The number of rotatable bonds is 5. The third kappa shape index (κ3) is 3.76. The number of para-hydroxylation sites is 2. The molecule has 148 valence electrons. The third-order valence-electron chi connectivity index (χ3n) is 5.12. The summed E-state index contributed by atoms with van der Waals surface area (Å²) in [5, 5.41) is 4.95. The lowest BCUT2D eigenvalue weighted by molar-refractivity contribution is 0.0722. The number of carbonyl (C=O) groups excluding carboxylic acids is 1. The zero-order valence-electron chi connectivity index (χ0n) is 16.6. The van der Waals surface area contributed by atoms with Crippen LogP contribution in [0.25, 0.3) is 11.0 Å². The second-order valence-corrected chi connectivity index (χ2v) is 7.52. The van der Waals surface area contributed by atoms with Gasteiger partial charge in [0.15, 0.2) is 0 Å². The van der Waals surface area contributed by atoms with Crippen molar-refractivity contribution in [2.75, 3.05) is 0 Å². The van der Waals surface area contributed by atoms with E-state index in [4.69, 9.17) is 16.6 Å². The molecule has 0 saturated heterocycles. The second kappa shape index (κ2) is 7.72. The molecule has 29 heavy (non-hydrogen) atoms. The van der Waals surface area contributed by atoms with Gasteiger partial charge < -0.3 is 9.47 Å². The number of aryl methyl sites for hydroxylation is 3. The van der Waals surface area contributed by atoms with Crippen LogP contribution in [0.4, 0.5) is 0 Å². The van der Waals surface area contributed by atoms with Gasteiger partial charge in [-0.25, -0.2) is 4.98 Å². The Hall–Kier alpha value is -3.12. The maximum atomic E-state index is 13.4. The molecule has 0 aliphatic heterocycles. The molecule has 0 aliphatic carbocycles. The monoisotopic (exact) mass is 407 g/mol. The Labute approximate surface area is 174 Å². The number of halogens is 1. The van der Waals surface area contributed by atoms with E-state index in [9.17, 15) is 4.79 Å². The molecule has 4 aromatic rings. The minimum atomic E-state index is -0.147. The zero-order valence-corrected chi connectivity index (χ0v) is 17.4. The van der Waals surface area contributed by atoms with Crippen LogP contribution in [-0.2, 0) is 27.2 Å². The van der Waals surface area contributed by atoms with Crippen molar-refractivity contribution in [2.24, 2.45) is 14.1 Å². The van der Waals surface area contributed by atoms with Gasteiger partial charge in [-0.2, -0.15) is 5.10 Å². The summed E-state index contributed by atoms with van der Waals surface area (Å²) in [6, 6.07) is 17.0. The number of fused-ring (bicyclic) bond motifs is 1. The van der Waals surface area contributed by atoms with E-state index < -0.39 is 0 Å². The zero-order chi connectivity index (χ0) is 20.5. The van der Waals surface area contributed by atoms with E-state index in [1.54, 1.807) is 17.0 Å². The molecule has 0 radical (unpaired) electrons. The van der Waals surface area contributed by atoms with Gasteiger partial charge in [-0.05, 0) is 37.3 Å². The number of aromatic nitrogens is 4. The predicted molar refractivity (Wildman–Crippen MR) is 114 cm³/mol. The molecular weight excluding hydrogens is 386 g/mol. The van der Waals surface area contributed by atoms with Gasteiger partial charge in [0, 0.05) is 19.8 Å². The Morgan fingerprint density at radius 3 is 2.48 bits per heavy atom. The highest BCUT2D eigenvalue weighted by Crippen LogP contribution is 2.21. The van der Waals surface area contributed by atoms with Crippen LogP contribution >= 0.6 is 11.6 Å². The summed E-state index contributed by atoms with van der Waals surface area (Å²) in [5.41, 5.74) is 4.27. The van der Waals surface area contributed by atoms with Crippen LogP contribution in [-0.4, -0.2) is 30.1 Å². The molecule has 2 aromatic heterocycles. The van der Waals surface area contributed by atoms with E-state index in [-0.39, 0.29) is 5.91 Å². The molecular formula is C22H22ClN5O. The molecule has 0 bridgehead atoms. The molecule has 2 aromatic carbocycles. The highest BCUT2D eigenvalue weighted by molar-refractivity contribution is 6.33. The summed E-state index contributed by atoms with van der Waals surface area (Å²) in [7, 11) is 3.86. The Kier molecular flexibility index (Phi) is 5.11. The van der Waals surface area contributed by atoms with E-state index in [1.165, 1.54) is 0 Å². The fraction of sp³-hybridized carbons (Fsp3) is 0.227. The highest BCUT2D eigenvalue weighted by Gasteiger charge is 2.22. The minimum absolute atomic E-state index is 0.147. The van der Waals surface area contributed by atoms with Gasteiger partial charge in [0.25, 0.3) is 5.91 Å². The molecule has 7 heteroatoms. The molecule has 0 unspecified atom stereocenters. The van der Waals surface area contributed by atoms with Crippen LogP contribution in [0.5, 0.6) is 0 Å². The van der Waals surface area contributed by atoms with Gasteiger partial charge >= 0.3 is 0 Å². The molecule has 0 saturated carbocycles. The lowest BCUT2D eigenvalue weighted by atomic mass is 10.2. The molecule has 1 amide bonds. The van der Waals surface area contributed by atoms with Crippen molar-refractivity contribution < 1.29 is 4.79 Å². The van der Waals surface area contributed by atoms with Crippen LogP contribution in [0, 0.1) is 6.92 Å². The lowest BCUT2D eigenvalue weighted by Crippen LogP contribution is -2.31. The Morgan fingerprint density at radius 2 is 1.79 bits per heavy atom. The molecule has 0 atom stereocenters. The molecule has 0 N–H and O–H groups in total. The maximum absolute atomic E-state index is 13.4. The van der Waals surface area contributed by atoms with Crippen molar-refractivity contribution in [1.82, 2.24) is 24.2 Å². The summed E-state index contributed by atoms with van der Waals surface area (Å²) in [6.07, 6.45) is 0. The summed E-state index contributed by atoms with van der Waals surface area (Å²) in [4.78, 5) is 19.8. The predicted octanol–water partition coefficient (Wildman–Crippen LogP) is 4.11. The highest BCUT2D eigenvalue weighted by atomic mass is 35.5. The quantitative estimate of drug-likeness (QED) is 0.500. The summed E-state index contributed by atoms with van der Waals surface area (Å²) >= 11 is 6.31. The molecule has 6 nitrogen and oxygen atoms in total. The number of carbonyl (C=O) groups is 1. The van der Waals surface area contributed by atoms with E-state index in [0.29, 0.717) is 23.7 Å². The Balaban J connectivity index is 1.71. The second-order valence-electron chi connectivity index (χ2n) is 7.12. The normalized spacial score (nSPS) is 11.2. The van der Waals surface area contributed by atoms with Crippen molar-refractivity contribution in [3.63, 3.8) is 0 Å². The number of amides is 1. The van der Waals surface area contributed by atoms with Crippen LogP contribution in [0.1, 0.15) is 27.6 Å². The molecule has 4 rings (SSSR count). The summed E-state index contributed by atoms with van der Waals surface area (Å²) in [5.74, 6) is 0.658. The topological polar surface area (TPSA) is 56.0 Å². The van der Waals surface area contributed by atoms with Crippen LogP contribution in [0.3, 0.4) is 0 Å². The number of hydrogen-bond donors (Lipinski definition) is 0.